The topological polar surface area (TPSA) is 78.4 Å². The standard InChI is InChI=1S/C14H10FIN2O3/c15-8-5-6-11(9(7-8)13(19)20)17-14(21)18-12-4-2-1-3-10(12)16/h1-7H,(H,19,20)(H2,17,18,21). The van der Waals surface area contributed by atoms with Gasteiger partial charge < -0.3 is 15.7 Å². The van der Waals surface area contributed by atoms with E-state index in [0.29, 0.717) is 5.69 Å². The summed E-state index contributed by atoms with van der Waals surface area (Å²) in [6.07, 6.45) is 0. The van der Waals surface area contributed by atoms with E-state index in [0.717, 1.165) is 15.7 Å². The molecular formula is C14H10FIN2O3. The third-order valence-electron chi connectivity index (χ3n) is 2.58. The van der Waals surface area contributed by atoms with Gasteiger partial charge in [0.05, 0.1) is 16.9 Å². The number of carboxylic acid groups (broad SMARTS) is 1. The van der Waals surface area contributed by atoms with E-state index in [1.807, 2.05) is 12.1 Å². The molecule has 0 unspecified atom stereocenters. The van der Waals surface area contributed by atoms with Crippen LogP contribution in [-0.4, -0.2) is 17.1 Å². The van der Waals surface area contributed by atoms with Crippen LogP contribution in [0, 0.1) is 9.39 Å². The van der Waals surface area contributed by atoms with Gasteiger partial charge in [0.2, 0.25) is 0 Å². The maximum absolute atomic E-state index is 13.1. The molecule has 0 heterocycles. The minimum atomic E-state index is -1.32. The van der Waals surface area contributed by atoms with Crippen molar-refractivity contribution in [1.29, 1.82) is 0 Å². The number of halogens is 2. The number of anilines is 2. The Hall–Kier alpha value is -2.16. The fourth-order valence-corrected chi connectivity index (χ4v) is 2.16. The fourth-order valence-electron chi connectivity index (χ4n) is 1.64. The third-order valence-corrected chi connectivity index (χ3v) is 3.52. The van der Waals surface area contributed by atoms with Gasteiger partial charge in [-0.25, -0.2) is 14.0 Å². The van der Waals surface area contributed by atoms with Crippen LogP contribution in [0.25, 0.3) is 0 Å². The molecule has 0 saturated heterocycles. The van der Waals surface area contributed by atoms with Crippen molar-refractivity contribution in [2.45, 2.75) is 0 Å². The summed E-state index contributed by atoms with van der Waals surface area (Å²) in [4.78, 5) is 22.9. The highest BCUT2D eigenvalue weighted by Crippen LogP contribution is 2.19. The van der Waals surface area contributed by atoms with E-state index in [1.165, 1.54) is 6.07 Å². The molecule has 2 aromatic carbocycles. The SMILES string of the molecule is O=C(Nc1ccccc1I)Nc1ccc(F)cc1C(=O)O. The van der Waals surface area contributed by atoms with Crippen molar-refractivity contribution < 1.29 is 19.1 Å². The molecule has 2 amide bonds. The molecule has 7 heteroatoms. The van der Waals surface area contributed by atoms with Gasteiger partial charge in [-0.05, 0) is 52.9 Å². The largest absolute Gasteiger partial charge is 0.478 e. The second-order valence-electron chi connectivity index (χ2n) is 4.05. The van der Waals surface area contributed by atoms with Crippen LogP contribution in [0.15, 0.2) is 42.5 Å². The number of urea groups is 1. The van der Waals surface area contributed by atoms with Crippen molar-refractivity contribution in [3.05, 3.63) is 57.4 Å². The summed E-state index contributed by atoms with van der Waals surface area (Å²) in [7, 11) is 0. The van der Waals surface area contributed by atoms with E-state index in [-0.39, 0.29) is 11.3 Å². The molecule has 0 saturated carbocycles. The smallest absolute Gasteiger partial charge is 0.337 e. The molecule has 5 nitrogen and oxygen atoms in total. The number of hydrogen-bond donors (Lipinski definition) is 3. The Labute approximate surface area is 133 Å². The zero-order chi connectivity index (χ0) is 15.4. The first-order chi connectivity index (χ1) is 9.97. The first-order valence-corrected chi connectivity index (χ1v) is 6.90. The van der Waals surface area contributed by atoms with Gasteiger partial charge in [0, 0.05) is 3.57 Å². The number of amides is 2. The predicted molar refractivity (Wildman–Crippen MR) is 85.2 cm³/mol. The minimum absolute atomic E-state index is 0.0207. The predicted octanol–water partition coefficient (Wildman–Crippen LogP) is 3.77. The molecule has 0 aliphatic rings. The zero-order valence-electron chi connectivity index (χ0n) is 10.6. The van der Waals surface area contributed by atoms with Crippen LogP contribution in [0.5, 0.6) is 0 Å². The van der Waals surface area contributed by atoms with Crippen LogP contribution in [0.2, 0.25) is 0 Å². The molecule has 0 aliphatic carbocycles. The van der Waals surface area contributed by atoms with Crippen molar-refractivity contribution in [3.8, 4) is 0 Å². The van der Waals surface area contributed by atoms with Gasteiger partial charge in [0.15, 0.2) is 0 Å². The lowest BCUT2D eigenvalue weighted by Crippen LogP contribution is -2.21. The molecular weight excluding hydrogens is 390 g/mol. The molecule has 108 valence electrons. The molecule has 3 N–H and O–H groups in total. The van der Waals surface area contributed by atoms with Gasteiger partial charge in [0.1, 0.15) is 5.82 Å². The highest BCUT2D eigenvalue weighted by Gasteiger charge is 2.14. The van der Waals surface area contributed by atoms with Gasteiger partial charge in [-0.2, -0.15) is 0 Å². The molecule has 0 radical (unpaired) electrons. The second-order valence-corrected chi connectivity index (χ2v) is 5.22. The molecule has 0 aromatic heterocycles. The van der Waals surface area contributed by atoms with Gasteiger partial charge in [0.25, 0.3) is 0 Å². The lowest BCUT2D eigenvalue weighted by atomic mass is 10.2. The van der Waals surface area contributed by atoms with E-state index < -0.39 is 17.8 Å². The summed E-state index contributed by atoms with van der Waals surface area (Å²) in [5, 5.41) is 14.0. The van der Waals surface area contributed by atoms with Crippen LogP contribution < -0.4 is 10.6 Å². The van der Waals surface area contributed by atoms with Crippen LogP contribution in [0.3, 0.4) is 0 Å². The van der Waals surface area contributed by atoms with Crippen molar-refractivity contribution >= 4 is 46.0 Å². The van der Waals surface area contributed by atoms with Gasteiger partial charge in [-0.15, -0.1) is 0 Å². The van der Waals surface area contributed by atoms with E-state index in [9.17, 15) is 14.0 Å². The Morgan fingerprint density at radius 3 is 2.38 bits per heavy atom. The third kappa shape index (κ3) is 3.91. The van der Waals surface area contributed by atoms with Crippen molar-refractivity contribution in [2.75, 3.05) is 10.6 Å². The van der Waals surface area contributed by atoms with Crippen molar-refractivity contribution in [1.82, 2.24) is 0 Å². The molecule has 2 aromatic rings. The highest BCUT2D eigenvalue weighted by molar-refractivity contribution is 14.1. The second kappa shape index (κ2) is 6.53. The number of hydrogen-bond acceptors (Lipinski definition) is 2. The highest BCUT2D eigenvalue weighted by atomic mass is 127. The number of carboxylic acids is 1. The molecule has 0 spiro atoms. The summed E-state index contributed by atoms with van der Waals surface area (Å²) in [5.41, 5.74) is 0.301. The summed E-state index contributed by atoms with van der Waals surface area (Å²) >= 11 is 2.06. The first-order valence-electron chi connectivity index (χ1n) is 5.83. The molecule has 2 rings (SSSR count). The lowest BCUT2D eigenvalue weighted by Gasteiger charge is -2.11. The fraction of sp³-hybridized carbons (Fsp3) is 0. The number of aromatic carboxylic acids is 1. The van der Waals surface area contributed by atoms with Crippen LogP contribution >= 0.6 is 22.6 Å². The van der Waals surface area contributed by atoms with Gasteiger partial charge in [-0.1, -0.05) is 12.1 Å². The summed E-state index contributed by atoms with van der Waals surface area (Å²) in [6.45, 7) is 0. The van der Waals surface area contributed by atoms with E-state index in [1.54, 1.807) is 12.1 Å². The van der Waals surface area contributed by atoms with Crippen LogP contribution in [-0.2, 0) is 0 Å². The Kier molecular flexibility index (Phi) is 4.73. The van der Waals surface area contributed by atoms with E-state index >= 15 is 0 Å². The van der Waals surface area contributed by atoms with Gasteiger partial charge >= 0.3 is 12.0 Å². The monoisotopic (exact) mass is 400 g/mol. The number of benzene rings is 2. The average molecular weight is 400 g/mol. The zero-order valence-corrected chi connectivity index (χ0v) is 12.7. The Bertz CT molecular complexity index is 706. The summed E-state index contributed by atoms with van der Waals surface area (Å²) in [5.74, 6) is -2.00. The first kappa shape index (κ1) is 15.2. The number of para-hydroxylation sites is 1. The maximum atomic E-state index is 13.1. The van der Waals surface area contributed by atoms with E-state index in [4.69, 9.17) is 5.11 Å². The number of carbonyl (C=O) groups excluding carboxylic acids is 1. The Morgan fingerprint density at radius 2 is 1.71 bits per heavy atom. The number of carbonyl (C=O) groups is 2. The molecule has 0 bridgehead atoms. The van der Waals surface area contributed by atoms with E-state index in [2.05, 4.69) is 33.2 Å². The Morgan fingerprint density at radius 1 is 1.05 bits per heavy atom. The number of rotatable bonds is 3. The average Bonchev–Trinajstić information content (AvgIpc) is 2.43. The quantitative estimate of drug-likeness (QED) is 0.687. The molecule has 21 heavy (non-hydrogen) atoms. The molecule has 0 fully saturated rings. The van der Waals surface area contributed by atoms with Crippen LogP contribution in [0.1, 0.15) is 10.4 Å². The van der Waals surface area contributed by atoms with Crippen molar-refractivity contribution in [2.24, 2.45) is 0 Å². The van der Waals surface area contributed by atoms with Crippen molar-refractivity contribution in [3.63, 3.8) is 0 Å². The molecule has 0 aliphatic heterocycles. The van der Waals surface area contributed by atoms with Gasteiger partial charge in [-0.3, -0.25) is 0 Å². The lowest BCUT2D eigenvalue weighted by molar-refractivity contribution is 0.0697. The maximum Gasteiger partial charge on any atom is 0.337 e. The minimum Gasteiger partial charge on any atom is -0.478 e. The summed E-state index contributed by atoms with van der Waals surface area (Å²) in [6, 6.07) is 9.65. The number of nitrogens with one attached hydrogen (secondary N) is 2. The summed E-state index contributed by atoms with van der Waals surface area (Å²) < 4.78 is 13.9. The van der Waals surface area contributed by atoms with Crippen LogP contribution in [0.4, 0.5) is 20.6 Å². The normalized spacial score (nSPS) is 10.0. The molecule has 0 atom stereocenters. The Balaban J connectivity index is 2.17.